The number of carbonyl (C=O) groups is 2. The number of halogens is 1. The fourth-order valence-electron chi connectivity index (χ4n) is 4.87. The Labute approximate surface area is 215 Å². The zero-order valence-electron chi connectivity index (χ0n) is 19.5. The van der Waals surface area contributed by atoms with E-state index in [0.29, 0.717) is 29.6 Å². The van der Waals surface area contributed by atoms with Gasteiger partial charge in [-0.2, -0.15) is 0 Å². The number of allylic oxidation sites excluding steroid dienone is 2. The number of Topliss-reactive ketones (excluding diaryl/α,β-unsaturated/α-hetero) is 2. The Kier molecular flexibility index (Phi) is 6.69. The van der Waals surface area contributed by atoms with E-state index < -0.39 is 15.8 Å². The van der Waals surface area contributed by atoms with Gasteiger partial charge < -0.3 is 4.90 Å². The van der Waals surface area contributed by atoms with Gasteiger partial charge in [0.2, 0.25) is 11.6 Å². The van der Waals surface area contributed by atoms with Crippen molar-refractivity contribution in [3.63, 3.8) is 0 Å². The van der Waals surface area contributed by atoms with Gasteiger partial charge in [0.05, 0.1) is 4.90 Å². The lowest BCUT2D eigenvalue weighted by molar-refractivity contribution is 0.0921. The molecule has 3 aromatic carbocycles. The topological polar surface area (TPSA) is 83.6 Å². The van der Waals surface area contributed by atoms with Crippen LogP contribution in [0.15, 0.2) is 95.2 Å². The zero-order chi connectivity index (χ0) is 25.3. The number of benzene rings is 3. The molecule has 6 nitrogen and oxygen atoms in total. The van der Waals surface area contributed by atoms with Crippen molar-refractivity contribution in [1.29, 1.82) is 0 Å². The molecule has 0 aromatic heterocycles. The molecule has 0 atom stereocenters. The molecule has 0 saturated carbocycles. The second-order valence-electron chi connectivity index (χ2n) is 9.11. The summed E-state index contributed by atoms with van der Waals surface area (Å²) in [5, 5.41) is 0.394. The van der Waals surface area contributed by atoms with Gasteiger partial charge in [0.25, 0.3) is 10.0 Å². The number of hydrogen-bond acceptors (Lipinski definition) is 5. The number of hydrogen-bond donors (Lipinski definition) is 1. The van der Waals surface area contributed by atoms with Crippen LogP contribution in [0.5, 0.6) is 0 Å². The van der Waals surface area contributed by atoms with Crippen molar-refractivity contribution in [2.45, 2.75) is 24.2 Å². The minimum atomic E-state index is -4.12. The number of likely N-dealkylation sites (tertiary alicyclic amines) is 1. The van der Waals surface area contributed by atoms with Crippen molar-refractivity contribution in [2.75, 3.05) is 13.1 Å². The third-order valence-electron chi connectivity index (χ3n) is 6.75. The van der Waals surface area contributed by atoms with Crippen LogP contribution >= 0.6 is 11.6 Å². The van der Waals surface area contributed by atoms with Crippen LogP contribution in [0.25, 0.3) is 0 Å². The monoisotopic (exact) mass is 520 g/mol. The highest BCUT2D eigenvalue weighted by atomic mass is 35.5. The average molecular weight is 521 g/mol. The predicted octanol–water partition coefficient (Wildman–Crippen LogP) is 4.86. The highest BCUT2D eigenvalue weighted by Crippen LogP contribution is 2.32. The standard InChI is InChI=1S/C28H25ClN2O4S/c29-21-10-12-22(13-11-21)36(34,35)30-25-26(28(33)24-9-5-4-8-23(24)27(25)32)31-16-14-20(15-17-31)18-19-6-2-1-3-7-19/h1-13,20,30H,14-18H2. The second kappa shape index (κ2) is 9.91. The minimum absolute atomic E-state index is 0.0422. The Morgan fingerprint density at radius 2 is 1.39 bits per heavy atom. The molecular weight excluding hydrogens is 496 g/mol. The van der Waals surface area contributed by atoms with Gasteiger partial charge in [-0.1, -0.05) is 66.2 Å². The summed E-state index contributed by atoms with van der Waals surface area (Å²) >= 11 is 5.91. The van der Waals surface area contributed by atoms with Crippen LogP contribution in [0.2, 0.25) is 5.02 Å². The molecule has 0 radical (unpaired) electrons. The number of sulfonamides is 1. The van der Waals surface area contributed by atoms with Gasteiger partial charge in [-0.3, -0.25) is 14.3 Å². The third-order valence-corrected chi connectivity index (χ3v) is 8.37. The van der Waals surface area contributed by atoms with Gasteiger partial charge in [0, 0.05) is 29.2 Å². The normalized spacial score (nSPS) is 16.8. The summed E-state index contributed by atoms with van der Waals surface area (Å²) in [4.78, 5) is 28.9. The van der Waals surface area contributed by atoms with Crippen LogP contribution in [0.3, 0.4) is 0 Å². The summed E-state index contributed by atoms with van der Waals surface area (Å²) in [5.41, 5.74) is 1.67. The molecule has 0 spiro atoms. The van der Waals surface area contributed by atoms with Crippen molar-refractivity contribution in [1.82, 2.24) is 9.62 Å². The lowest BCUT2D eigenvalue weighted by atomic mass is 9.87. The first-order valence-electron chi connectivity index (χ1n) is 11.8. The summed E-state index contributed by atoms with van der Waals surface area (Å²) in [6, 6.07) is 22.5. The quantitative estimate of drug-likeness (QED) is 0.501. The molecule has 1 saturated heterocycles. The van der Waals surface area contributed by atoms with E-state index in [2.05, 4.69) is 16.9 Å². The van der Waals surface area contributed by atoms with Crippen molar-refractivity contribution in [2.24, 2.45) is 5.92 Å². The number of nitrogens with one attached hydrogen (secondary N) is 1. The van der Waals surface area contributed by atoms with Crippen LogP contribution in [0.1, 0.15) is 39.1 Å². The molecule has 0 bridgehead atoms. The predicted molar refractivity (Wildman–Crippen MR) is 138 cm³/mol. The second-order valence-corrected chi connectivity index (χ2v) is 11.2. The summed E-state index contributed by atoms with van der Waals surface area (Å²) < 4.78 is 28.8. The smallest absolute Gasteiger partial charge is 0.262 e. The van der Waals surface area contributed by atoms with E-state index in [1.165, 1.54) is 29.8 Å². The summed E-state index contributed by atoms with van der Waals surface area (Å²) in [6.45, 7) is 1.11. The molecule has 0 amide bonds. The summed E-state index contributed by atoms with van der Waals surface area (Å²) in [7, 11) is -4.12. The molecule has 1 N–H and O–H groups in total. The molecule has 184 valence electrons. The third kappa shape index (κ3) is 4.81. The zero-order valence-corrected chi connectivity index (χ0v) is 21.1. The summed E-state index contributed by atoms with van der Waals surface area (Å²) in [6.07, 6.45) is 2.61. The molecule has 36 heavy (non-hydrogen) atoms. The van der Waals surface area contributed by atoms with E-state index >= 15 is 0 Å². The van der Waals surface area contributed by atoms with Crippen LogP contribution in [-0.4, -0.2) is 38.0 Å². The maximum Gasteiger partial charge on any atom is 0.262 e. The van der Waals surface area contributed by atoms with Gasteiger partial charge in [0.1, 0.15) is 11.4 Å². The first-order chi connectivity index (χ1) is 17.3. The van der Waals surface area contributed by atoms with Gasteiger partial charge in [0.15, 0.2) is 0 Å². The van der Waals surface area contributed by atoms with Crippen LogP contribution in [0, 0.1) is 5.92 Å². The largest absolute Gasteiger partial charge is 0.367 e. The molecule has 2 aliphatic rings. The van der Waals surface area contributed by atoms with Gasteiger partial charge >= 0.3 is 0 Å². The fraction of sp³-hybridized carbons (Fsp3) is 0.214. The van der Waals surface area contributed by atoms with E-state index in [-0.39, 0.29) is 27.6 Å². The van der Waals surface area contributed by atoms with Gasteiger partial charge in [-0.25, -0.2) is 8.42 Å². The Balaban J connectivity index is 1.46. The van der Waals surface area contributed by atoms with E-state index in [9.17, 15) is 18.0 Å². The highest BCUT2D eigenvalue weighted by molar-refractivity contribution is 7.89. The maximum absolute atomic E-state index is 13.6. The summed E-state index contributed by atoms with van der Waals surface area (Å²) in [5.74, 6) is -0.412. The van der Waals surface area contributed by atoms with Crippen molar-refractivity contribution >= 4 is 33.2 Å². The lowest BCUT2D eigenvalue weighted by Crippen LogP contribution is -2.43. The van der Waals surface area contributed by atoms with Gasteiger partial charge in [-0.15, -0.1) is 0 Å². The molecule has 1 aliphatic heterocycles. The Bertz CT molecular complexity index is 1440. The van der Waals surface area contributed by atoms with E-state index in [4.69, 9.17) is 11.6 Å². The SMILES string of the molecule is O=C1C(NS(=O)(=O)c2ccc(Cl)cc2)=C(N2CCC(Cc3ccccc3)CC2)C(=O)c2ccccc21. The number of fused-ring (bicyclic) bond motifs is 1. The highest BCUT2D eigenvalue weighted by Gasteiger charge is 2.38. The Morgan fingerprint density at radius 3 is 2.03 bits per heavy atom. The van der Waals surface area contributed by atoms with Crippen molar-refractivity contribution in [3.8, 4) is 0 Å². The van der Waals surface area contributed by atoms with Crippen molar-refractivity contribution < 1.29 is 18.0 Å². The number of ketones is 2. The average Bonchev–Trinajstić information content (AvgIpc) is 2.89. The number of nitrogens with zero attached hydrogens (tertiary/aromatic N) is 1. The lowest BCUT2D eigenvalue weighted by Gasteiger charge is -2.37. The number of piperidine rings is 1. The Hall–Kier alpha value is -3.42. The minimum Gasteiger partial charge on any atom is -0.367 e. The number of rotatable bonds is 6. The fourth-order valence-corrected chi connectivity index (χ4v) is 6.07. The first-order valence-corrected chi connectivity index (χ1v) is 13.7. The van der Waals surface area contributed by atoms with Crippen LogP contribution < -0.4 is 4.72 Å². The molecule has 1 heterocycles. The molecule has 1 aliphatic carbocycles. The molecular formula is C28H25ClN2O4S. The number of carbonyl (C=O) groups excluding carboxylic acids is 2. The Morgan fingerprint density at radius 1 is 0.806 bits per heavy atom. The van der Waals surface area contributed by atoms with E-state index in [0.717, 1.165) is 19.3 Å². The van der Waals surface area contributed by atoms with E-state index in [1.54, 1.807) is 24.3 Å². The van der Waals surface area contributed by atoms with E-state index in [1.807, 2.05) is 23.1 Å². The molecule has 3 aromatic rings. The molecule has 0 unspecified atom stereocenters. The van der Waals surface area contributed by atoms with Crippen molar-refractivity contribution in [3.05, 3.63) is 112 Å². The molecule has 1 fully saturated rings. The molecule has 5 rings (SSSR count). The maximum atomic E-state index is 13.6. The van der Waals surface area contributed by atoms with Crippen LogP contribution in [-0.2, 0) is 16.4 Å². The molecule has 8 heteroatoms. The van der Waals surface area contributed by atoms with Gasteiger partial charge in [-0.05, 0) is 55.0 Å². The van der Waals surface area contributed by atoms with Crippen LogP contribution in [0.4, 0.5) is 0 Å². The first kappa shape index (κ1) is 24.3.